The largest absolute Gasteiger partial charge is 0.356 e. The molecule has 1 aromatic rings. The fraction of sp³-hybridized carbons (Fsp3) is 0.636. The van der Waals surface area contributed by atoms with Gasteiger partial charge in [0.25, 0.3) is 0 Å². The van der Waals surface area contributed by atoms with Gasteiger partial charge in [-0.05, 0) is 49.8 Å². The summed E-state index contributed by atoms with van der Waals surface area (Å²) >= 11 is 6.03. The third-order valence-corrected chi connectivity index (χ3v) is 6.93. The van der Waals surface area contributed by atoms with Crippen LogP contribution in [0.2, 0.25) is 5.02 Å². The zero-order valence-corrected chi connectivity index (χ0v) is 20.2. The van der Waals surface area contributed by atoms with Crippen LogP contribution in [0, 0.1) is 5.92 Å². The summed E-state index contributed by atoms with van der Waals surface area (Å²) in [6, 6.07) is 8.49. The lowest BCUT2D eigenvalue weighted by Crippen LogP contribution is -2.47. The van der Waals surface area contributed by atoms with Crippen LogP contribution in [0.15, 0.2) is 29.3 Å². The van der Waals surface area contributed by atoms with E-state index in [9.17, 15) is 4.79 Å². The Balaban J connectivity index is 0.00000240. The van der Waals surface area contributed by atoms with E-state index in [0.717, 1.165) is 49.9 Å². The molecule has 1 unspecified atom stereocenters. The van der Waals surface area contributed by atoms with Crippen molar-refractivity contribution >= 4 is 47.4 Å². The average molecular weight is 531 g/mol. The highest BCUT2D eigenvalue weighted by Gasteiger charge is 2.44. The molecule has 1 atom stereocenters. The van der Waals surface area contributed by atoms with Crippen molar-refractivity contribution < 1.29 is 4.79 Å². The molecular weight excluding hydrogens is 499 g/mol. The van der Waals surface area contributed by atoms with E-state index < -0.39 is 0 Å². The van der Waals surface area contributed by atoms with E-state index in [4.69, 9.17) is 11.6 Å². The highest BCUT2D eigenvalue weighted by Crippen LogP contribution is 2.47. The topological polar surface area (TPSA) is 56.7 Å². The summed E-state index contributed by atoms with van der Waals surface area (Å²) in [5, 5.41) is 7.82. The zero-order valence-electron chi connectivity index (χ0n) is 17.1. The normalized spacial score (nSPS) is 23.6. The monoisotopic (exact) mass is 530 g/mol. The van der Waals surface area contributed by atoms with Crippen LogP contribution in [0.1, 0.15) is 50.5 Å². The lowest BCUT2D eigenvalue weighted by atomic mass is 9.96. The number of hydrogen-bond acceptors (Lipinski definition) is 2. The second kappa shape index (κ2) is 9.86. The number of rotatable bonds is 5. The van der Waals surface area contributed by atoms with Crippen molar-refractivity contribution in [3.8, 4) is 0 Å². The summed E-state index contributed by atoms with van der Waals surface area (Å²) in [6.07, 6.45) is 7.92. The van der Waals surface area contributed by atoms with Gasteiger partial charge < -0.3 is 15.5 Å². The molecule has 0 spiro atoms. The number of amides is 1. The molecule has 3 fully saturated rings. The van der Waals surface area contributed by atoms with E-state index in [1.54, 1.807) is 0 Å². The molecule has 5 nitrogen and oxygen atoms in total. The van der Waals surface area contributed by atoms with E-state index >= 15 is 0 Å². The van der Waals surface area contributed by atoms with Gasteiger partial charge in [0.05, 0.1) is 0 Å². The van der Waals surface area contributed by atoms with Gasteiger partial charge in [0.15, 0.2) is 5.96 Å². The Labute approximate surface area is 196 Å². The number of halogens is 2. The highest BCUT2D eigenvalue weighted by molar-refractivity contribution is 14.0. The van der Waals surface area contributed by atoms with Crippen LogP contribution in [-0.4, -0.2) is 49.5 Å². The predicted molar refractivity (Wildman–Crippen MR) is 129 cm³/mol. The smallest absolute Gasteiger partial charge is 0.225 e. The Morgan fingerprint density at radius 3 is 2.52 bits per heavy atom. The molecule has 4 rings (SSSR count). The molecule has 7 heteroatoms. The number of hydrogen-bond donors (Lipinski definition) is 2. The van der Waals surface area contributed by atoms with Crippen LogP contribution >= 0.6 is 35.6 Å². The number of carbonyl (C=O) groups is 1. The van der Waals surface area contributed by atoms with Gasteiger partial charge in [0, 0.05) is 49.1 Å². The summed E-state index contributed by atoms with van der Waals surface area (Å²) in [4.78, 5) is 19.1. The average Bonchev–Trinajstić information content (AvgIpc) is 3.11. The van der Waals surface area contributed by atoms with Crippen molar-refractivity contribution in [2.45, 2.75) is 56.4 Å². The Morgan fingerprint density at radius 1 is 1.21 bits per heavy atom. The molecule has 1 aliphatic heterocycles. The van der Waals surface area contributed by atoms with E-state index in [1.165, 1.54) is 31.2 Å². The summed E-state index contributed by atoms with van der Waals surface area (Å²) < 4.78 is 0. The lowest BCUT2D eigenvalue weighted by Gasteiger charge is -2.23. The van der Waals surface area contributed by atoms with Crippen LogP contribution in [-0.2, 0) is 10.2 Å². The maximum Gasteiger partial charge on any atom is 0.225 e. The van der Waals surface area contributed by atoms with Gasteiger partial charge in [-0.1, -0.05) is 36.6 Å². The summed E-state index contributed by atoms with van der Waals surface area (Å²) in [7, 11) is 1.81. The minimum absolute atomic E-state index is 0. The molecule has 2 N–H and O–H groups in total. The van der Waals surface area contributed by atoms with E-state index in [2.05, 4.69) is 32.7 Å². The molecule has 1 saturated heterocycles. The molecule has 1 aromatic carbocycles. The van der Waals surface area contributed by atoms with Crippen LogP contribution in [0.5, 0.6) is 0 Å². The number of guanidine groups is 1. The number of aliphatic imine (C=N–C) groups is 1. The van der Waals surface area contributed by atoms with E-state index in [-0.39, 0.29) is 41.4 Å². The SMILES string of the molecule is CN=C(NCC1(c2ccc(Cl)cc2)CC1)NC1CCN(C(=O)C2CCCC2)C1.I. The Kier molecular flexibility index (Phi) is 7.70. The van der Waals surface area contributed by atoms with Gasteiger partial charge in [-0.15, -0.1) is 24.0 Å². The van der Waals surface area contributed by atoms with Gasteiger partial charge in [0.2, 0.25) is 5.91 Å². The molecule has 29 heavy (non-hydrogen) atoms. The van der Waals surface area contributed by atoms with Gasteiger partial charge in [0.1, 0.15) is 0 Å². The third kappa shape index (κ3) is 5.37. The Morgan fingerprint density at radius 2 is 1.90 bits per heavy atom. The molecule has 160 valence electrons. The molecule has 1 heterocycles. The van der Waals surface area contributed by atoms with Crippen molar-refractivity contribution in [1.29, 1.82) is 0 Å². The van der Waals surface area contributed by atoms with Crippen LogP contribution < -0.4 is 10.6 Å². The van der Waals surface area contributed by atoms with E-state index in [1.807, 2.05) is 19.2 Å². The first-order chi connectivity index (χ1) is 13.6. The third-order valence-electron chi connectivity index (χ3n) is 6.67. The fourth-order valence-corrected chi connectivity index (χ4v) is 4.80. The molecule has 2 aliphatic carbocycles. The number of benzene rings is 1. The predicted octanol–water partition coefficient (Wildman–Crippen LogP) is 3.95. The molecule has 0 radical (unpaired) electrons. The van der Waals surface area contributed by atoms with E-state index in [0.29, 0.717) is 5.91 Å². The van der Waals surface area contributed by atoms with Crippen LogP contribution in [0.4, 0.5) is 0 Å². The first kappa shape index (κ1) is 22.7. The maximum atomic E-state index is 12.6. The summed E-state index contributed by atoms with van der Waals surface area (Å²) in [6.45, 7) is 2.52. The first-order valence-electron chi connectivity index (χ1n) is 10.6. The number of nitrogens with zero attached hydrogens (tertiary/aromatic N) is 2. The minimum atomic E-state index is 0. The Hall–Kier alpha value is -1.02. The second-order valence-corrected chi connectivity index (χ2v) is 9.04. The summed E-state index contributed by atoms with van der Waals surface area (Å²) in [5.41, 5.74) is 1.54. The van der Waals surface area contributed by atoms with Crippen molar-refractivity contribution in [2.24, 2.45) is 10.9 Å². The van der Waals surface area contributed by atoms with Crippen LogP contribution in [0.3, 0.4) is 0 Å². The Bertz CT molecular complexity index is 729. The quantitative estimate of drug-likeness (QED) is 0.344. The standard InChI is InChI=1S/C22H31ClN4O.HI/c1-24-21(25-15-22(11-12-22)17-6-8-18(23)9-7-17)26-19-10-13-27(14-19)20(28)16-4-2-3-5-16;/h6-9,16,19H,2-5,10-15H2,1H3,(H2,24,25,26);1H. The molecular formula is C22H32ClIN4O. The van der Waals surface area contributed by atoms with Crippen molar-refractivity contribution in [1.82, 2.24) is 15.5 Å². The maximum absolute atomic E-state index is 12.6. The zero-order chi connectivity index (χ0) is 19.6. The molecule has 3 aliphatic rings. The molecule has 0 bridgehead atoms. The molecule has 0 aromatic heterocycles. The highest BCUT2D eigenvalue weighted by atomic mass is 127. The first-order valence-corrected chi connectivity index (χ1v) is 11.0. The van der Waals surface area contributed by atoms with Crippen molar-refractivity contribution in [3.05, 3.63) is 34.9 Å². The van der Waals surface area contributed by atoms with Crippen molar-refractivity contribution in [3.63, 3.8) is 0 Å². The van der Waals surface area contributed by atoms with Gasteiger partial charge >= 0.3 is 0 Å². The molecule has 2 saturated carbocycles. The minimum Gasteiger partial charge on any atom is -0.356 e. The van der Waals surface area contributed by atoms with Crippen molar-refractivity contribution in [2.75, 3.05) is 26.7 Å². The lowest BCUT2D eigenvalue weighted by molar-refractivity contribution is -0.134. The second-order valence-electron chi connectivity index (χ2n) is 8.61. The molecule has 1 amide bonds. The number of likely N-dealkylation sites (tertiary alicyclic amines) is 1. The van der Waals surface area contributed by atoms with Gasteiger partial charge in [-0.3, -0.25) is 9.79 Å². The fourth-order valence-electron chi connectivity index (χ4n) is 4.67. The van der Waals surface area contributed by atoms with Gasteiger partial charge in [-0.2, -0.15) is 0 Å². The number of nitrogens with one attached hydrogen (secondary N) is 2. The number of carbonyl (C=O) groups excluding carboxylic acids is 1. The van der Waals surface area contributed by atoms with Crippen LogP contribution in [0.25, 0.3) is 0 Å². The van der Waals surface area contributed by atoms with Gasteiger partial charge in [-0.25, -0.2) is 0 Å². The summed E-state index contributed by atoms with van der Waals surface area (Å²) in [5.74, 6) is 1.47.